The second-order valence-electron chi connectivity index (χ2n) is 5.27. The van der Waals surface area contributed by atoms with E-state index in [4.69, 9.17) is 10.7 Å². The molecule has 1 aromatic carbocycles. The predicted molar refractivity (Wildman–Crippen MR) is 91.6 cm³/mol. The fourth-order valence-electron chi connectivity index (χ4n) is 2.36. The Bertz CT molecular complexity index is 520. The Hall–Kier alpha value is -1.23. The maximum absolute atomic E-state index is 6.25. The zero-order valence-electron chi connectivity index (χ0n) is 13.0. The molecule has 0 aliphatic heterocycles. The van der Waals surface area contributed by atoms with E-state index in [9.17, 15) is 0 Å². The van der Waals surface area contributed by atoms with Crippen molar-refractivity contribution in [2.45, 2.75) is 32.7 Å². The molecule has 2 rings (SSSR count). The van der Waals surface area contributed by atoms with E-state index in [1.165, 1.54) is 5.56 Å². The van der Waals surface area contributed by atoms with Gasteiger partial charge in [0.1, 0.15) is 0 Å². The second-order valence-corrected chi connectivity index (χ2v) is 6.21. The van der Waals surface area contributed by atoms with Gasteiger partial charge in [0, 0.05) is 23.4 Å². The van der Waals surface area contributed by atoms with Crippen LogP contribution < -0.4 is 5.73 Å². The monoisotopic (exact) mass is 303 g/mol. The highest BCUT2D eigenvalue weighted by molar-refractivity contribution is 7.09. The van der Waals surface area contributed by atoms with Crippen molar-refractivity contribution in [2.24, 2.45) is 5.73 Å². The summed E-state index contributed by atoms with van der Waals surface area (Å²) in [5, 5.41) is 3.27. The maximum Gasteiger partial charge on any atom is 0.0948 e. The molecule has 0 aliphatic rings. The van der Waals surface area contributed by atoms with E-state index >= 15 is 0 Å². The van der Waals surface area contributed by atoms with Crippen LogP contribution in [0.5, 0.6) is 0 Å². The zero-order valence-corrected chi connectivity index (χ0v) is 13.8. The Morgan fingerprint density at radius 3 is 2.57 bits per heavy atom. The standard InChI is InChI=1S/C17H25N3S/c1-3-20(4-2)11-10-15(18)12-17-19-16(13-21-17)14-8-6-5-7-9-14/h5-9,13,15H,3-4,10-12,18H2,1-2H3. The van der Waals surface area contributed by atoms with Gasteiger partial charge in [-0.05, 0) is 26.1 Å². The highest BCUT2D eigenvalue weighted by Crippen LogP contribution is 2.22. The van der Waals surface area contributed by atoms with Crippen LogP contribution in [0.15, 0.2) is 35.7 Å². The lowest BCUT2D eigenvalue weighted by atomic mass is 10.1. The number of hydrogen-bond donors (Lipinski definition) is 1. The summed E-state index contributed by atoms with van der Waals surface area (Å²) in [5.74, 6) is 0. The van der Waals surface area contributed by atoms with Crippen LogP contribution in [0.3, 0.4) is 0 Å². The quantitative estimate of drug-likeness (QED) is 0.812. The van der Waals surface area contributed by atoms with Crippen LogP contribution in [-0.2, 0) is 6.42 Å². The smallest absolute Gasteiger partial charge is 0.0948 e. The summed E-state index contributed by atoms with van der Waals surface area (Å²) in [6, 6.07) is 10.5. The minimum atomic E-state index is 0.195. The molecule has 0 spiro atoms. The molecule has 0 aliphatic carbocycles. The highest BCUT2D eigenvalue weighted by Gasteiger charge is 2.10. The summed E-state index contributed by atoms with van der Waals surface area (Å²) >= 11 is 1.71. The molecular formula is C17H25N3S. The number of nitrogens with two attached hydrogens (primary N) is 1. The van der Waals surface area contributed by atoms with E-state index in [-0.39, 0.29) is 6.04 Å². The summed E-state index contributed by atoms with van der Waals surface area (Å²) < 4.78 is 0. The van der Waals surface area contributed by atoms with Crippen molar-refractivity contribution in [2.75, 3.05) is 19.6 Å². The van der Waals surface area contributed by atoms with E-state index in [1.54, 1.807) is 11.3 Å². The molecule has 2 aromatic rings. The van der Waals surface area contributed by atoms with Crippen LogP contribution in [0.4, 0.5) is 0 Å². The maximum atomic E-state index is 6.25. The van der Waals surface area contributed by atoms with E-state index in [0.29, 0.717) is 0 Å². The molecule has 0 fully saturated rings. The largest absolute Gasteiger partial charge is 0.327 e. The SMILES string of the molecule is CCN(CC)CCC(N)Cc1nc(-c2ccccc2)cs1. The van der Waals surface area contributed by atoms with E-state index in [0.717, 1.165) is 43.2 Å². The first kappa shape index (κ1) is 16.1. The molecule has 0 radical (unpaired) electrons. The molecule has 0 bridgehead atoms. The van der Waals surface area contributed by atoms with E-state index in [2.05, 4.69) is 36.3 Å². The van der Waals surface area contributed by atoms with Crippen LogP contribution in [0.1, 0.15) is 25.3 Å². The molecule has 0 amide bonds. The van der Waals surface area contributed by atoms with Crippen molar-refractivity contribution >= 4 is 11.3 Å². The van der Waals surface area contributed by atoms with Gasteiger partial charge in [0.15, 0.2) is 0 Å². The van der Waals surface area contributed by atoms with Crippen molar-refractivity contribution in [1.82, 2.24) is 9.88 Å². The minimum Gasteiger partial charge on any atom is -0.327 e. The van der Waals surface area contributed by atoms with Gasteiger partial charge >= 0.3 is 0 Å². The van der Waals surface area contributed by atoms with E-state index in [1.807, 2.05) is 18.2 Å². The van der Waals surface area contributed by atoms with Gasteiger partial charge in [0.2, 0.25) is 0 Å². The third-order valence-corrected chi connectivity index (χ3v) is 4.64. The highest BCUT2D eigenvalue weighted by atomic mass is 32.1. The summed E-state index contributed by atoms with van der Waals surface area (Å²) in [7, 11) is 0. The molecule has 114 valence electrons. The van der Waals surface area contributed by atoms with Crippen LogP contribution >= 0.6 is 11.3 Å². The Kier molecular flexibility index (Phi) is 6.36. The zero-order chi connectivity index (χ0) is 15.1. The molecule has 1 unspecified atom stereocenters. The first-order valence-electron chi connectivity index (χ1n) is 7.70. The van der Waals surface area contributed by atoms with Crippen LogP contribution in [0, 0.1) is 0 Å². The number of benzene rings is 1. The average molecular weight is 303 g/mol. The summed E-state index contributed by atoms with van der Waals surface area (Å²) in [6.45, 7) is 7.66. The van der Waals surface area contributed by atoms with Gasteiger partial charge < -0.3 is 10.6 Å². The van der Waals surface area contributed by atoms with Gasteiger partial charge in [-0.2, -0.15) is 0 Å². The molecule has 0 saturated heterocycles. The van der Waals surface area contributed by atoms with Crippen LogP contribution in [-0.4, -0.2) is 35.6 Å². The summed E-state index contributed by atoms with van der Waals surface area (Å²) in [5.41, 5.74) is 8.49. The molecular weight excluding hydrogens is 278 g/mol. The number of thiazole rings is 1. The molecule has 21 heavy (non-hydrogen) atoms. The van der Waals surface area contributed by atoms with Crippen molar-refractivity contribution in [3.63, 3.8) is 0 Å². The summed E-state index contributed by atoms with van der Waals surface area (Å²) in [6.07, 6.45) is 1.90. The van der Waals surface area contributed by atoms with Gasteiger partial charge in [-0.1, -0.05) is 44.2 Å². The lowest BCUT2D eigenvalue weighted by Crippen LogP contribution is -2.31. The van der Waals surface area contributed by atoms with Crippen molar-refractivity contribution in [3.05, 3.63) is 40.7 Å². The molecule has 2 N–H and O–H groups in total. The lowest BCUT2D eigenvalue weighted by Gasteiger charge is -2.20. The van der Waals surface area contributed by atoms with Crippen LogP contribution in [0.25, 0.3) is 11.3 Å². The molecule has 1 atom stereocenters. The normalized spacial score (nSPS) is 12.8. The Labute approximate surface area is 131 Å². The predicted octanol–water partition coefficient (Wildman–Crippen LogP) is 3.41. The molecule has 3 nitrogen and oxygen atoms in total. The fourth-order valence-corrected chi connectivity index (χ4v) is 3.26. The van der Waals surface area contributed by atoms with Gasteiger partial charge in [0.05, 0.1) is 10.7 Å². The first-order chi connectivity index (χ1) is 10.2. The third kappa shape index (κ3) is 4.92. The Morgan fingerprint density at radius 1 is 1.19 bits per heavy atom. The minimum absolute atomic E-state index is 0.195. The van der Waals surface area contributed by atoms with Gasteiger partial charge in [0.25, 0.3) is 0 Å². The molecule has 0 saturated carbocycles. The Balaban J connectivity index is 1.87. The topological polar surface area (TPSA) is 42.1 Å². The number of hydrogen-bond acceptors (Lipinski definition) is 4. The average Bonchev–Trinajstić information content (AvgIpc) is 2.97. The van der Waals surface area contributed by atoms with Gasteiger partial charge in [-0.3, -0.25) is 0 Å². The number of aromatic nitrogens is 1. The Morgan fingerprint density at radius 2 is 1.90 bits per heavy atom. The fraction of sp³-hybridized carbons (Fsp3) is 0.471. The third-order valence-electron chi connectivity index (χ3n) is 3.77. The van der Waals surface area contributed by atoms with Gasteiger partial charge in [-0.25, -0.2) is 4.98 Å². The summed E-state index contributed by atoms with van der Waals surface area (Å²) in [4.78, 5) is 7.13. The van der Waals surface area contributed by atoms with Gasteiger partial charge in [-0.15, -0.1) is 11.3 Å². The van der Waals surface area contributed by atoms with E-state index < -0.39 is 0 Å². The number of rotatable bonds is 8. The second kappa shape index (κ2) is 8.27. The van der Waals surface area contributed by atoms with Crippen molar-refractivity contribution in [1.29, 1.82) is 0 Å². The molecule has 1 aromatic heterocycles. The number of nitrogens with zero attached hydrogens (tertiary/aromatic N) is 2. The van der Waals surface area contributed by atoms with Crippen LogP contribution in [0.2, 0.25) is 0 Å². The first-order valence-corrected chi connectivity index (χ1v) is 8.58. The van der Waals surface area contributed by atoms with Crippen molar-refractivity contribution < 1.29 is 0 Å². The lowest BCUT2D eigenvalue weighted by molar-refractivity contribution is 0.290. The molecule has 4 heteroatoms. The molecule has 1 heterocycles. The van der Waals surface area contributed by atoms with Crippen molar-refractivity contribution in [3.8, 4) is 11.3 Å².